The fourth-order valence-electron chi connectivity index (χ4n) is 3.60. The van der Waals surface area contributed by atoms with Crippen LogP contribution in [0.5, 0.6) is 0 Å². The van der Waals surface area contributed by atoms with Crippen LogP contribution in [0.25, 0.3) is 10.9 Å². The lowest BCUT2D eigenvalue weighted by Crippen LogP contribution is -2.51. The normalized spacial score (nSPS) is 18.2. The van der Waals surface area contributed by atoms with E-state index in [2.05, 4.69) is 27.3 Å². The van der Waals surface area contributed by atoms with Gasteiger partial charge in [-0.2, -0.15) is 0 Å². The van der Waals surface area contributed by atoms with Gasteiger partial charge in [0.05, 0.1) is 6.54 Å². The number of nitrogens with one attached hydrogen (secondary N) is 2. The second kappa shape index (κ2) is 7.50. The van der Waals surface area contributed by atoms with Gasteiger partial charge in [0.1, 0.15) is 0 Å². The largest absolute Gasteiger partial charge is 0.361 e. The van der Waals surface area contributed by atoms with Crippen molar-refractivity contribution in [3.8, 4) is 0 Å². The minimum absolute atomic E-state index is 0.117. The van der Waals surface area contributed by atoms with Crippen LogP contribution in [0.15, 0.2) is 30.5 Å². The number of carbonyl (C=O) groups is 2. The summed E-state index contributed by atoms with van der Waals surface area (Å²) >= 11 is 0. The van der Waals surface area contributed by atoms with Gasteiger partial charge in [-0.05, 0) is 30.9 Å². The van der Waals surface area contributed by atoms with Crippen LogP contribution < -0.4 is 5.32 Å². The van der Waals surface area contributed by atoms with Gasteiger partial charge in [0, 0.05) is 55.7 Å². The molecule has 26 heavy (non-hydrogen) atoms. The number of H-pyrrole nitrogens is 1. The number of carbonyl (C=O) groups excluding carboxylic acids is 2. The first kappa shape index (κ1) is 17.1. The van der Waals surface area contributed by atoms with Crippen molar-refractivity contribution >= 4 is 22.7 Å². The third kappa shape index (κ3) is 4.07. The van der Waals surface area contributed by atoms with Crippen molar-refractivity contribution in [2.75, 3.05) is 32.7 Å². The number of amides is 2. The molecule has 1 aromatic heterocycles. The number of aryl methyl sites for hydroxylation is 1. The highest BCUT2D eigenvalue weighted by atomic mass is 16.2. The van der Waals surface area contributed by atoms with E-state index >= 15 is 0 Å². The minimum Gasteiger partial charge on any atom is -0.361 e. The first-order valence-corrected chi connectivity index (χ1v) is 9.53. The zero-order valence-electron chi connectivity index (χ0n) is 15.0. The molecule has 0 radical (unpaired) electrons. The molecule has 2 heterocycles. The van der Waals surface area contributed by atoms with Crippen LogP contribution >= 0.6 is 0 Å². The summed E-state index contributed by atoms with van der Waals surface area (Å²) in [6.07, 6.45) is 5.53. The van der Waals surface area contributed by atoms with Gasteiger partial charge in [0.25, 0.3) is 0 Å². The second-order valence-corrected chi connectivity index (χ2v) is 7.36. The van der Waals surface area contributed by atoms with Crippen molar-refractivity contribution in [2.24, 2.45) is 0 Å². The fraction of sp³-hybridized carbons (Fsp3) is 0.500. The number of nitrogens with zero attached hydrogens (tertiary/aromatic N) is 2. The van der Waals surface area contributed by atoms with E-state index < -0.39 is 0 Å². The van der Waals surface area contributed by atoms with Gasteiger partial charge in [-0.25, -0.2) is 0 Å². The summed E-state index contributed by atoms with van der Waals surface area (Å²) in [6, 6.07) is 8.60. The predicted octanol–water partition coefficient (Wildman–Crippen LogP) is 1.52. The van der Waals surface area contributed by atoms with E-state index in [-0.39, 0.29) is 11.8 Å². The summed E-state index contributed by atoms with van der Waals surface area (Å²) in [4.78, 5) is 31.8. The Morgan fingerprint density at radius 1 is 1.12 bits per heavy atom. The van der Waals surface area contributed by atoms with Crippen molar-refractivity contribution in [3.63, 3.8) is 0 Å². The fourth-order valence-corrected chi connectivity index (χ4v) is 3.60. The molecule has 1 saturated carbocycles. The molecule has 2 amide bonds. The first-order chi connectivity index (χ1) is 12.7. The Morgan fingerprint density at radius 3 is 2.65 bits per heavy atom. The summed E-state index contributed by atoms with van der Waals surface area (Å²) < 4.78 is 0. The lowest BCUT2D eigenvalue weighted by Gasteiger charge is -2.34. The van der Waals surface area contributed by atoms with Crippen molar-refractivity contribution < 1.29 is 9.59 Å². The number of para-hydroxylation sites is 1. The van der Waals surface area contributed by atoms with E-state index in [0.29, 0.717) is 32.1 Å². The van der Waals surface area contributed by atoms with Crippen molar-refractivity contribution in [3.05, 3.63) is 36.0 Å². The lowest BCUT2D eigenvalue weighted by atomic mass is 10.1. The topological polar surface area (TPSA) is 68.4 Å². The Balaban J connectivity index is 1.22. The van der Waals surface area contributed by atoms with Gasteiger partial charge >= 0.3 is 0 Å². The van der Waals surface area contributed by atoms with Gasteiger partial charge in [-0.1, -0.05) is 18.2 Å². The molecular weight excluding hydrogens is 328 g/mol. The van der Waals surface area contributed by atoms with E-state index in [0.717, 1.165) is 37.9 Å². The molecule has 0 atom stereocenters. The quantitative estimate of drug-likeness (QED) is 0.827. The number of piperazine rings is 1. The zero-order chi connectivity index (χ0) is 17.9. The first-order valence-electron chi connectivity index (χ1n) is 9.53. The maximum absolute atomic E-state index is 12.5. The summed E-state index contributed by atoms with van der Waals surface area (Å²) in [7, 11) is 0. The van der Waals surface area contributed by atoms with E-state index in [9.17, 15) is 9.59 Å². The maximum atomic E-state index is 12.5. The maximum Gasteiger partial charge on any atom is 0.234 e. The number of aromatic nitrogens is 1. The molecule has 1 aromatic carbocycles. The van der Waals surface area contributed by atoms with Crippen molar-refractivity contribution in [1.82, 2.24) is 20.1 Å². The zero-order valence-corrected chi connectivity index (χ0v) is 15.0. The number of aromatic amines is 1. The number of rotatable bonds is 6. The summed E-state index contributed by atoms with van der Waals surface area (Å²) in [5.74, 6) is 0.323. The van der Waals surface area contributed by atoms with Crippen LogP contribution in [-0.4, -0.2) is 65.4 Å². The van der Waals surface area contributed by atoms with E-state index in [4.69, 9.17) is 0 Å². The van der Waals surface area contributed by atoms with E-state index in [1.165, 1.54) is 10.9 Å². The van der Waals surface area contributed by atoms with Crippen LogP contribution in [0, 0.1) is 0 Å². The van der Waals surface area contributed by atoms with Crippen LogP contribution in [0.4, 0.5) is 0 Å². The average molecular weight is 354 g/mol. The minimum atomic E-state index is 0.117. The molecule has 1 aliphatic carbocycles. The lowest BCUT2D eigenvalue weighted by molar-refractivity contribution is -0.133. The number of benzene rings is 1. The molecular formula is C20H26N4O2. The highest BCUT2D eigenvalue weighted by molar-refractivity contribution is 5.84. The third-order valence-corrected chi connectivity index (χ3v) is 5.32. The smallest absolute Gasteiger partial charge is 0.234 e. The molecule has 2 fully saturated rings. The van der Waals surface area contributed by atoms with Crippen LogP contribution in [-0.2, 0) is 16.0 Å². The Bertz CT molecular complexity index is 788. The standard InChI is InChI=1S/C20H26N4O2/c25-19(22-16-6-7-16)14-23-9-11-24(12-10-23)20(26)8-5-15-13-21-18-4-2-1-3-17(15)18/h1-4,13,16,21H,5-12,14H2,(H,22,25). The Labute approximate surface area is 153 Å². The molecule has 138 valence electrons. The van der Waals surface area contributed by atoms with Crippen molar-refractivity contribution in [2.45, 2.75) is 31.7 Å². The summed E-state index contributed by atoms with van der Waals surface area (Å²) in [6.45, 7) is 3.43. The third-order valence-electron chi connectivity index (χ3n) is 5.32. The van der Waals surface area contributed by atoms with Crippen LogP contribution in [0.3, 0.4) is 0 Å². The Kier molecular flexibility index (Phi) is 4.93. The van der Waals surface area contributed by atoms with Gasteiger partial charge in [-0.15, -0.1) is 0 Å². The molecule has 0 bridgehead atoms. The highest BCUT2D eigenvalue weighted by Crippen LogP contribution is 2.20. The van der Waals surface area contributed by atoms with E-state index in [1.807, 2.05) is 23.2 Å². The molecule has 1 saturated heterocycles. The molecule has 4 rings (SSSR count). The Morgan fingerprint density at radius 2 is 1.88 bits per heavy atom. The number of hydrogen-bond acceptors (Lipinski definition) is 3. The number of fused-ring (bicyclic) bond motifs is 1. The van der Waals surface area contributed by atoms with Gasteiger partial charge < -0.3 is 15.2 Å². The van der Waals surface area contributed by atoms with Gasteiger partial charge in [-0.3, -0.25) is 14.5 Å². The van der Waals surface area contributed by atoms with Gasteiger partial charge in [0.15, 0.2) is 0 Å². The van der Waals surface area contributed by atoms with Crippen molar-refractivity contribution in [1.29, 1.82) is 0 Å². The summed E-state index contributed by atoms with van der Waals surface area (Å²) in [5.41, 5.74) is 2.32. The molecule has 2 N–H and O–H groups in total. The monoisotopic (exact) mass is 354 g/mol. The summed E-state index contributed by atoms with van der Waals surface area (Å²) in [5, 5.41) is 4.22. The predicted molar refractivity (Wildman–Crippen MR) is 101 cm³/mol. The second-order valence-electron chi connectivity index (χ2n) is 7.36. The SMILES string of the molecule is O=C(CN1CCN(C(=O)CCc2c[nH]c3ccccc23)CC1)NC1CC1. The highest BCUT2D eigenvalue weighted by Gasteiger charge is 2.26. The van der Waals surface area contributed by atoms with Gasteiger partial charge in [0.2, 0.25) is 11.8 Å². The molecule has 1 aliphatic heterocycles. The molecule has 2 aromatic rings. The Hall–Kier alpha value is -2.34. The number of hydrogen-bond donors (Lipinski definition) is 2. The molecule has 6 nitrogen and oxygen atoms in total. The molecule has 2 aliphatic rings. The molecule has 0 unspecified atom stereocenters. The average Bonchev–Trinajstić information content (AvgIpc) is 3.37. The van der Waals surface area contributed by atoms with Crippen LogP contribution in [0.2, 0.25) is 0 Å². The van der Waals surface area contributed by atoms with E-state index in [1.54, 1.807) is 0 Å². The van der Waals surface area contributed by atoms with Crippen LogP contribution in [0.1, 0.15) is 24.8 Å². The molecule has 0 spiro atoms. The molecule has 6 heteroatoms.